The fourth-order valence-corrected chi connectivity index (χ4v) is 3.37. The van der Waals surface area contributed by atoms with Gasteiger partial charge in [0.05, 0.1) is 5.75 Å². The molecule has 0 spiro atoms. The van der Waals surface area contributed by atoms with Gasteiger partial charge >= 0.3 is 6.09 Å². The van der Waals surface area contributed by atoms with Crippen LogP contribution >= 0.6 is 11.6 Å². The number of hydrogen-bond acceptors (Lipinski definition) is 7. The quantitative estimate of drug-likeness (QED) is 0.666. The molecule has 1 aromatic carbocycles. The summed E-state index contributed by atoms with van der Waals surface area (Å²) in [5.41, 5.74) is -0.304. The molecule has 8 nitrogen and oxygen atoms in total. The molecule has 0 N–H and O–H groups in total. The number of benzene rings is 1. The van der Waals surface area contributed by atoms with Crippen molar-refractivity contribution in [1.29, 1.82) is 0 Å². The first-order chi connectivity index (χ1) is 12.9. The topological polar surface area (TPSA) is 98.7 Å². The van der Waals surface area contributed by atoms with Crippen LogP contribution in [-0.2, 0) is 20.5 Å². The van der Waals surface area contributed by atoms with E-state index in [4.69, 9.17) is 21.1 Å². The number of hydrogen-bond donors (Lipinski definition) is 0. The van der Waals surface area contributed by atoms with Crippen LogP contribution in [0.3, 0.4) is 0 Å². The van der Waals surface area contributed by atoms with Gasteiger partial charge in [-0.1, -0.05) is 23.7 Å². The molecule has 0 radical (unpaired) electrons. The van der Waals surface area contributed by atoms with E-state index in [1.54, 1.807) is 52.0 Å². The van der Waals surface area contributed by atoms with Crippen molar-refractivity contribution >= 4 is 27.7 Å². The van der Waals surface area contributed by atoms with Crippen LogP contribution in [0, 0.1) is 6.92 Å². The van der Waals surface area contributed by atoms with Crippen LogP contribution in [0.15, 0.2) is 30.3 Å². The SMILES string of the molecule is Cc1nc(Cl)cc(Oc2ccc(CS(=O)(=O)N(C)C(=O)OC(C)(C)C)cc2)n1. The van der Waals surface area contributed by atoms with Gasteiger partial charge in [-0.25, -0.2) is 22.5 Å². The van der Waals surface area contributed by atoms with Crippen molar-refractivity contribution in [3.63, 3.8) is 0 Å². The van der Waals surface area contributed by atoms with Gasteiger partial charge in [-0.2, -0.15) is 4.98 Å². The van der Waals surface area contributed by atoms with Crippen LogP contribution in [0.4, 0.5) is 4.79 Å². The number of aryl methyl sites for hydroxylation is 1. The highest BCUT2D eigenvalue weighted by molar-refractivity contribution is 7.88. The van der Waals surface area contributed by atoms with E-state index in [2.05, 4.69) is 9.97 Å². The number of nitrogens with zero attached hydrogens (tertiary/aromatic N) is 3. The Morgan fingerprint density at radius 3 is 2.32 bits per heavy atom. The first-order valence-electron chi connectivity index (χ1n) is 8.33. The second-order valence-electron chi connectivity index (χ2n) is 7.03. The summed E-state index contributed by atoms with van der Waals surface area (Å²) in [6.45, 7) is 6.68. The highest BCUT2D eigenvalue weighted by Crippen LogP contribution is 2.23. The van der Waals surface area contributed by atoms with Crippen molar-refractivity contribution in [3.8, 4) is 11.6 Å². The van der Waals surface area contributed by atoms with Gasteiger partial charge in [0.25, 0.3) is 0 Å². The van der Waals surface area contributed by atoms with Crippen LogP contribution in [0.2, 0.25) is 5.15 Å². The fourth-order valence-electron chi connectivity index (χ4n) is 2.08. The molecule has 0 bridgehead atoms. The van der Waals surface area contributed by atoms with E-state index in [1.807, 2.05) is 0 Å². The molecule has 0 unspecified atom stereocenters. The largest absolute Gasteiger partial charge is 0.443 e. The molecule has 0 atom stereocenters. The van der Waals surface area contributed by atoms with Crippen LogP contribution < -0.4 is 4.74 Å². The number of carbonyl (C=O) groups is 1. The standard InChI is InChI=1S/C18H22ClN3O5S/c1-12-20-15(19)10-16(21-12)26-14-8-6-13(7-9-14)11-28(24,25)22(5)17(23)27-18(2,3)4/h6-10H,11H2,1-5H3. The van der Waals surface area contributed by atoms with Crippen LogP contribution in [0.25, 0.3) is 0 Å². The summed E-state index contributed by atoms with van der Waals surface area (Å²) >= 11 is 5.87. The van der Waals surface area contributed by atoms with Gasteiger partial charge < -0.3 is 9.47 Å². The van der Waals surface area contributed by atoms with E-state index in [9.17, 15) is 13.2 Å². The van der Waals surface area contributed by atoms with Crippen LogP contribution in [0.5, 0.6) is 11.6 Å². The number of carbonyl (C=O) groups excluding carboxylic acids is 1. The summed E-state index contributed by atoms with van der Waals surface area (Å²) in [6.07, 6.45) is -0.927. The van der Waals surface area contributed by atoms with E-state index in [-0.39, 0.29) is 16.8 Å². The lowest BCUT2D eigenvalue weighted by Gasteiger charge is -2.24. The zero-order chi connectivity index (χ0) is 21.1. The van der Waals surface area contributed by atoms with Crippen molar-refractivity contribution in [1.82, 2.24) is 14.3 Å². The molecule has 0 aliphatic heterocycles. The Balaban J connectivity index is 2.07. The summed E-state index contributed by atoms with van der Waals surface area (Å²) in [5, 5.41) is 0.260. The molecule has 0 saturated heterocycles. The number of ether oxygens (including phenoxy) is 2. The zero-order valence-corrected chi connectivity index (χ0v) is 17.8. The lowest BCUT2D eigenvalue weighted by atomic mass is 10.2. The summed E-state index contributed by atoms with van der Waals surface area (Å²) in [5.74, 6) is 0.843. The molecular weight excluding hydrogens is 406 g/mol. The smallest absolute Gasteiger partial charge is 0.423 e. The van der Waals surface area contributed by atoms with Crippen molar-refractivity contribution in [2.24, 2.45) is 0 Å². The molecule has 10 heteroatoms. The fraction of sp³-hybridized carbons (Fsp3) is 0.389. The summed E-state index contributed by atoms with van der Waals surface area (Å²) in [6, 6.07) is 7.85. The summed E-state index contributed by atoms with van der Waals surface area (Å²) in [4.78, 5) is 20.0. The predicted octanol–water partition coefficient (Wildman–Crippen LogP) is 3.93. The minimum Gasteiger partial charge on any atom is -0.443 e. The third-order valence-electron chi connectivity index (χ3n) is 3.35. The van der Waals surface area contributed by atoms with Crippen molar-refractivity contribution in [2.45, 2.75) is 39.0 Å². The molecule has 0 fully saturated rings. The first-order valence-corrected chi connectivity index (χ1v) is 10.3. The maximum Gasteiger partial charge on any atom is 0.423 e. The maximum absolute atomic E-state index is 12.4. The lowest BCUT2D eigenvalue weighted by Crippen LogP contribution is -2.38. The van der Waals surface area contributed by atoms with Crippen LogP contribution in [-0.4, -0.2) is 41.4 Å². The molecular formula is C18H22ClN3O5S. The molecule has 2 rings (SSSR count). The zero-order valence-electron chi connectivity index (χ0n) is 16.3. The monoisotopic (exact) mass is 427 g/mol. The second-order valence-corrected chi connectivity index (χ2v) is 9.41. The molecule has 1 amide bonds. The second kappa shape index (κ2) is 8.32. The lowest BCUT2D eigenvalue weighted by molar-refractivity contribution is 0.0420. The Bertz CT molecular complexity index is 936. The number of halogens is 1. The molecule has 152 valence electrons. The molecule has 0 saturated carbocycles. The Kier molecular flexibility index (Phi) is 6.51. The van der Waals surface area contributed by atoms with Crippen LogP contribution in [0.1, 0.15) is 32.2 Å². The minimum absolute atomic E-state index is 0.260. The van der Waals surface area contributed by atoms with Gasteiger partial charge in [-0.15, -0.1) is 0 Å². The summed E-state index contributed by atoms with van der Waals surface area (Å²) in [7, 11) is -2.72. The molecule has 28 heavy (non-hydrogen) atoms. The van der Waals surface area contributed by atoms with Gasteiger partial charge in [-0.05, 0) is 45.4 Å². The normalized spacial score (nSPS) is 11.8. The Morgan fingerprint density at radius 1 is 1.18 bits per heavy atom. The number of sulfonamides is 1. The van der Waals surface area contributed by atoms with Gasteiger partial charge in [0.1, 0.15) is 22.3 Å². The predicted molar refractivity (Wildman–Crippen MR) is 105 cm³/mol. The number of rotatable bonds is 5. The van der Waals surface area contributed by atoms with Crippen molar-refractivity contribution < 1.29 is 22.7 Å². The van der Waals surface area contributed by atoms with Gasteiger partial charge in [0.15, 0.2) is 0 Å². The van der Waals surface area contributed by atoms with Crippen molar-refractivity contribution in [3.05, 3.63) is 46.9 Å². The van der Waals surface area contributed by atoms with E-state index >= 15 is 0 Å². The highest BCUT2D eigenvalue weighted by atomic mass is 35.5. The first kappa shape index (κ1) is 21.9. The maximum atomic E-state index is 12.4. The third kappa shape index (κ3) is 6.35. The number of amides is 1. The Hall–Kier alpha value is -2.39. The number of aromatic nitrogens is 2. The third-order valence-corrected chi connectivity index (χ3v) is 5.22. The average molecular weight is 428 g/mol. The van der Waals surface area contributed by atoms with E-state index in [0.717, 1.165) is 0 Å². The Labute approximate surface area is 169 Å². The molecule has 1 aromatic heterocycles. The highest BCUT2D eigenvalue weighted by Gasteiger charge is 2.28. The van der Waals surface area contributed by atoms with E-state index in [1.165, 1.54) is 13.1 Å². The average Bonchev–Trinajstić information content (AvgIpc) is 2.53. The van der Waals surface area contributed by atoms with Crippen molar-refractivity contribution in [2.75, 3.05) is 7.05 Å². The Morgan fingerprint density at radius 2 is 1.79 bits per heavy atom. The van der Waals surface area contributed by atoms with Gasteiger partial charge in [-0.3, -0.25) is 0 Å². The van der Waals surface area contributed by atoms with Gasteiger partial charge in [0, 0.05) is 13.1 Å². The molecule has 2 aromatic rings. The van der Waals surface area contributed by atoms with E-state index < -0.39 is 21.7 Å². The molecule has 0 aliphatic carbocycles. The molecule has 1 heterocycles. The van der Waals surface area contributed by atoms with Gasteiger partial charge in [0.2, 0.25) is 15.9 Å². The van der Waals surface area contributed by atoms with E-state index in [0.29, 0.717) is 21.4 Å². The minimum atomic E-state index is -3.89. The molecule has 0 aliphatic rings. The summed E-state index contributed by atoms with van der Waals surface area (Å²) < 4.78 is 36.2.